The van der Waals surface area contributed by atoms with Crippen molar-refractivity contribution in [1.29, 1.82) is 0 Å². The largest absolute Gasteiger partial charge is 0.481 e. The van der Waals surface area contributed by atoms with E-state index in [0.29, 0.717) is 27.0 Å². The van der Waals surface area contributed by atoms with E-state index in [9.17, 15) is 9.59 Å². The second-order valence-electron chi connectivity index (χ2n) is 4.99. The predicted molar refractivity (Wildman–Crippen MR) is 91.6 cm³/mol. The molecule has 6 heteroatoms. The number of hydrogen-bond donors (Lipinski definition) is 1. The van der Waals surface area contributed by atoms with Crippen molar-refractivity contribution < 1.29 is 14.3 Å². The Labute approximate surface area is 144 Å². The normalized spacial score (nSPS) is 11.7. The summed E-state index contributed by atoms with van der Waals surface area (Å²) < 4.78 is 5.57. The molecule has 1 N–H and O–H groups in total. The van der Waals surface area contributed by atoms with Gasteiger partial charge in [0.05, 0.1) is 0 Å². The van der Waals surface area contributed by atoms with Gasteiger partial charge in [0.1, 0.15) is 5.75 Å². The molecule has 0 saturated carbocycles. The molecule has 0 heterocycles. The smallest absolute Gasteiger partial charge is 0.265 e. The third kappa shape index (κ3) is 4.98. The van der Waals surface area contributed by atoms with Gasteiger partial charge in [0, 0.05) is 21.3 Å². The number of benzene rings is 2. The number of carbonyl (C=O) groups is 2. The monoisotopic (exact) mass is 351 g/mol. The van der Waals surface area contributed by atoms with Gasteiger partial charge in [-0.3, -0.25) is 9.59 Å². The zero-order valence-corrected chi connectivity index (χ0v) is 14.1. The molecule has 23 heavy (non-hydrogen) atoms. The molecule has 0 aliphatic carbocycles. The Hall–Kier alpha value is -2.04. The molecule has 0 aromatic heterocycles. The zero-order valence-electron chi connectivity index (χ0n) is 12.6. The van der Waals surface area contributed by atoms with E-state index >= 15 is 0 Å². The van der Waals surface area contributed by atoms with Gasteiger partial charge >= 0.3 is 0 Å². The van der Waals surface area contributed by atoms with E-state index in [0.717, 1.165) is 0 Å². The maximum Gasteiger partial charge on any atom is 0.265 e. The molecule has 1 unspecified atom stereocenters. The zero-order chi connectivity index (χ0) is 17.0. The summed E-state index contributed by atoms with van der Waals surface area (Å²) >= 11 is 11.8. The number of carbonyl (C=O) groups excluding carboxylic acids is 2. The lowest BCUT2D eigenvalue weighted by Gasteiger charge is -2.15. The van der Waals surface area contributed by atoms with E-state index in [1.165, 1.54) is 6.92 Å². The minimum atomic E-state index is -0.755. The van der Waals surface area contributed by atoms with E-state index in [2.05, 4.69) is 5.32 Å². The Morgan fingerprint density at radius 1 is 1.09 bits per heavy atom. The fourth-order valence-corrected chi connectivity index (χ4v) is 2.44. The van der Waals surface area contributed by atoms with Gasteiger partial charge in [-0.2, -0.15) is 0 Å². The first-order valence-corrected chi connectivity index (χ1v) is 7.65. The lowest BCUT2D eigenvalue weighted by molar-refractivity contribution is -0.122. The first kappa shape index (κ1) is 17.3. The molecule has 1 amide bonds. The molecule has 2 rings (SSSR count). The summed E-state index contributed by atoms with van der Waals surface area (Å²) in [5.41, 5.74) is 1.01. The molecule has 1 atom stereocenters. The molecule has 0 fully saturated rings. The van der Waals surface area contributed by atoms with Gasteiger partial charge in [-0.05, 0) is 44.2 Å². The van der Waals surface area contributed by atoms with E-state index < -0.39 is 6.10 Å². The Morgan fingerprint density at radius 2 is 1.74 bits per heavy atom. The first-order valence-electron chi connectivity index (χ1n) is 6.90. The number of ketones is 1. The van der Waals surface area contributed by atoms with Crippen molar-refractivity contribution in [2.45, 2.75) is 20.0 Å². The lowest BCUT2D eigenvalue weighted by Crippen LogP contribution is -2.30. The molecule has 0 radical (unpaired) electrons. The maximum absolute atomic E-state index is 12.2. The average molecular weight is 352 g/mol. The summed E-state index contributed by atoms with van der Waals surface area (Å²) in [6.07, 6.45) is -0.755. The molecule has 2 aromatic rings. The molecule has 0 aliphatic heterocycles. The number of amides is 1. The number of halogens is 2. The van der Waals surface area contributed by atoms with Crippen molar-refractivity contribution in [2.24, 2.45) is 0 Å². The van der Waals surface area contributed by atoms with Crippen LogP contribution in [0.5, 0.6) is 5.75 Å². The highest BCUT2D eigenvalue weighted by atomic mass is 35.5. The van der Waals surface area contributed by atoms with Crippen molar-refractivity contribution in [3.05, 3.63) is 58.1 Å². The number of rotatable bonds is 5. The molecule has 0 saturated heterocycles. The van der Waals surface area contributed by atoms with Crippen LogP contribution in [0.15, 0.2) is 42.5 Å². The summed E-state index contributed by atoms with van der Waals surface area (Å²) in [7, 11) is 0. The predicted octanol–water partition coefficient (Wildman–Crippen LogP) is 4.60. The third-order valence-corrected chi connectivity index (χ3v) is 3.49. The van der Waals surface area contributed by atoms with Gasteiger partial charge in [0.15, 0.2) is 11.9 Å². The van der Waals surface area contributed by atoms with Gasteiger partial charge in [-0.1, -0.05) is 35.3 Å². The van der Waals surface area contributed by atoms with E-state index in [4.69, 9.17) is 27.9 Å². The van der Waals surface area contributed by atoms with Gasteiger partial charge in [0.25, 0.3) is 5.91 Å². The van der Waals surface area contributed by atoms with Crippen LogP contribution in [0.1, 0.15) is 24.2 Å². The van der Waals surface area contributed by atoms with Crippen LogP contribution in [0.3, 0.4) is 0 Å². The van der Waals surface area contributed by atoms with Crippen LogP contribution in [0.4, 0.5) is 5.69 Å². The van der Waals surface area contributed by atoms with Crippen LogP contribution >= 0.6 is 23.2 Å². The topological polar surface area (TPSA) is 55.4 Å². The van der Waals surface area contributed by atoms with Crippen LogP contribution in [0, 0.1) is 0 Å². The van der Waals surface area contributed by atoms with Crippen LogP contribution in [0.2, 0.25) is 10.0 Å². The van der Waals surface area contributed by atoms with Crippen molar-refractivity contribution in [2.75, 3.05) is 5.32 Å². The van der Waals surface area contributed by atoms with Crippen LogP contribution < -0.4 is 10.1 Å². The molecule has 120 valence electrons. The van der Waals surface area contributed by atoms with Crippen LogP contribution in [-0.4, -0.2) is 17.8 Å². The molecule has 0 spiro atoms. The van der Waals surface area contributed by atoms with Crippen molar-refractivity contribution >= 4 is 40.6 Å². The Bertz CT molecular complexity index is 726. The van der Waals surface area contributed by atoms with E-state index in [1.54, 1.807) is 49.4 Å². The number of nitrogens with one attached hydrogen (secondary N) is 1. The summed E-state index contributed by atoms with van der Waals surface area (Å²) in [5, 5.41) is 3.53. The first-order chi connectivity index (χ1) is 10.8. The summed E-state index contributed by atoms with van der Waals surface area (Å²) in [4.78, 5) is 23.5. The summed E-state index contributed by atoms with van der Waals surface area (Å²) in [6, 6.07) is 11.4. The number of anilines is 1. The highest BCUT2D eigenvalue weighted by Gasteiger charge is 2.16. The van der Waals surface area contributed by atoms with Crippen molar-refractivity contribution in [1.82, 2.24) is 0 Å². The fraction of sp³-hybridized carbons (Fsp3) is 0.176. The van der Waals surface area contributed by atoms with Crippen molar-refractivity contribution in [3.8, 4) is 5.75 Å². The number of ether oxygens (including phenoxy) is 1. The van der Waals surface area contributed by atoms with Crippen LogP contribution in [0.25, 0.3) is 0 Å². The van der Waals surface area contributed by atoms with Gasteiger partial charge in [-0.15, -0.1) is 0 Å². The minimum Gasteiger partial charge on any atom is -0.481 e. The second kappa shape index (κ2) is 7.49. The number of Topliss-reactive ketones (excluding diaryl/α,β-unsaturated/α-hetero) is 1. The molecule has 0 bridgehead atoms. The standard InChI is InChI=1S/C17H15Cl2NO3/c1-10(21)12-4-3-5-16(6-12)23-11(2)17(22)20-15-8-13(18)7-14(19)9-15/h3-9,11H,1-2H3,(H,20,22). The highest BCUT2D eigenvalue weighted by Crippen LogP contribution is 2.23. The Morgan fingerprint density at radius 3 is 2.35 bits per heavy atom. The molecule has 0 aliphatic rings. The Kier molecular flexibility index (Phi) is 5.64. The second-order valence-corrected chi connectivity index (χ2v) is 5.86. The Balaban J connectivity index is 2.05. The average Bonchev–Trinajstić information content (AvgIpc) is 2.46. The molecule has 4 nitrogen and oxygen atoms in total. The van der Waals surface area contributed by atoms with E-state index in [-0.39, 0.29) is 11.7 Å². The van der Waals surface area contributed by atoms with Crippen LogP contribution in [-0.2, 0) is 4.79 Å². The SMILES string of the molecule is CC(=O)c1cccc(OC(C)C(=O)Nc2cc(Cl)cc(Cl)c2)c1. The summed E-state index contributed by atoms with van der Waals surface area (Å²) in [6.45, 7) is 3.08. The molecular weight excluding hydrogens is 337 g/mol. The lowest BCUT2D eigenvalue weighted by atomic mass is 10.1. The minimum absolute atomic E-state index is 0.0684. The third-order valence-electron chi connectivity index (χ3n) is 3.05. The van der Waals surface area contributed by atoms with Gasteiger partial charge < -0.3 is 10.1 Å². The highest BCUT2D eigenvalue weighted by molar-refractivity contribution is 6.35. The fourth-order valence-electron chi connectivity index (χ4n) is 1.92. The number of hydrogen-bond acceptors (Lipinski definition) is 3. The van der Waals surface area contributed by atoms with E-state index in [1.807, 2.05) is 0 Å². The van der Waals surface area contributed by atoms with Gasteiger partial charge in [-0.25, -0.2) is 0 Å². The van der Waals surface area contributed by atoms with Gasteiger partial charge in [0.2, 0.25) is 0 Å². The summed E-state index contributed by atoms with van der Waals surface area (Å²) in [5.74, 6) is 0.0298. The maximum atomic E-state index is 12.2. The quantitative estimate of drug-likeness (QED) is 0.800. The molecule has 2 aromatic carbocycles. The molecular formula is C17H15Cl2NO3. The van der Waals surface area contributed by atoms with Crippen molar-refractivity contribution in [3.63, 3.8) is 0 Å².